The van der Waals surface area contributed by atoms with Crippen molar-refractivity contribution in [1.82, 2.24) is 10.7 Å². The van der Waals surface area contributed by atoms with Crippen LogP contribution in [0, 0.1) is 12.8 Å². The molecule has 1 amide bonds. The summed E-state index contributed by atoms with van der Waals surface area (Å²) in [4.78, 5) is 34.0. The fraction of sp³-hybridized carbons (Fsp3) is 0.286. The zero-order valence-corrected chi connectivity index (χ0v) is 21.5. The maximum Gasteiger partial charge on any atom is 0.335 e. The van der Waals surface area contributed by atoms with Crippen LogP contribution < -0.4 is 20.2 Å². The third kappa shape index (κ3) is 4.37. The van der Waals surface area contributed by atoms with Crippen molar-refractivity contribution in [2.24, 2.45) is 15.9 Å². The summed E-state index contributed by atoms with van der Waals surface area (Å²) in [5, 5.41) is 12.5. The number of carbonyl (C=O) groups excluding carboxylic acids is 1. The van der Waals surface area contributed by atoms with Gasteiger partial charge in [-0.1, -0.05) is 6.07 Å². The number of nitrogens with zero attached hydrogens (tertiary/aromatic N) is 3. The molecule has 3 heterocycles. The van der Waals surface area contributed by atoms with Gasteiger partial charge in [-0.05, 0) is 49.6 Å². The van der Waals surface area contributed by atoms with Gasteiger partial charge in [0.15, 0.2) is 0 Å². The highest BCUT2D eigenvalue weighted by molar-refractivity contribution is 6.03. The van der Waals surface area contributed by atoms with Gasteiger partial charge >= 0.3 is 5.97 Å². The van der Waals surface area contributed by atoms with Crippen molar-refractivity contribution >= 4 is 23.9 Å². The number of nitrogens with one attached hydrogen (secondary N) is 2. The second kappa shape index (κ2) is 10.2. The van der Waals surface area contributed by atoms with Crippen molar-refractivity contribution in [3.05, 3.63) is 82.4 Å². The Morgan fingerprint density at radius 2 is 2.05 bits per heavy atom. The highest BCUT2D eigenvalue weighted by atomic mass is 16.5. The fourth-order valence-corrected chi connectivity index (χ4v) is 5.11. The van der Waals surface area contributed by atoms with E-state index in [4.69, 9.17) is 14.5 Å². The zero-order chi connectivity index (χ0) is 26.9. The normalized spacial score (nSPS) is 22.1. The van der Waals surface area contributed by atoms with Crippen molar-refractivity contribution in [2.45, 2.75) is 26.3 Å². The lowest BCUT2D eigenvalue weighted by molar-refractivity contribution is -0.791. The van der Waals surface area contributed by atoms with Crippen LogP contribution in [0.3, 0.4) is 0 Å². The Labute approximate surface area is 220 Å². The van der Waals surface area contributed by atoms with Crippen LogP contribution in [0.1, 0.15) is 39.9 Å². The number of methoxy groups -OCH3 is 2. The predicted octanol–water partition coefficient (Wildman–Crippen LogP) is 3.29. The molecule has 3 N–H and O–H groups in total. The molecule has 10 nitrogen and oxygen atoms in total. The van der Waals surface area contributed by atoms with Crippen LogP contribution in [-0.2, 0) is 11.3 Å². The van der Waals surface area contributed by atoms with E-state index in [0.29, 0.717) is 42.5 Å². The van der Waals surface area contributed by atoms with E-state index >= 15 is 0 Å². The lowest BCUT2D eigenvalue weighted by atomic mass is 9.94. The molecule has 10 heteroatoms. The van der Waals surface area contributed by atoms with E-state index in [-0.39, 0.29) is 16.1 Å². The van der Waals surface area contributed by atoms with Crippen molar-refractivity contribution in [3.8, 4) is 11.5 Å². The number of aryl methyl sites for hydroxylation is 1. The van der Waals surface area contributed by atoms with Gasteiger partial charge < -0.3 is 19.9 Å². The molecule has 0 radical (unpaired) electrons. The molecule has 2 atom stereocenters. The van der Waals surface area contributed by atoms with E-state index < -0.39 is 11.9 Å². The van der Waals surface area contributed by atoms with E-state index in [1.54, 1.807) is 44.8 Å². The Hall–Kier alpha value is -4.28. The predicted molar refractivity (Wildman–Crippen MR) is 142 cm³/mol. The molecule has 3 aliphatic rings. The number of fused-ring (bicyclic) bond motifs is 1. The van der Waals surface area contributed by atoms with Gasteiger partial charge in [-0.15, -0.1) is 10.0 Å². The maximum absolute atomic E-state index is 12.9. The second-order valence-electron chi connectivity index (χ2n) is 9.34. The minimum Gasteiger partial charge on any atom is -0.497 e. The summed E-state index contributed by atoms with van der Waals surface area (Å²) in [6.07, 6.45) is 6.87. The third-order valence-electron chi connectivity index (χ3n) is 7.12. The lowest BCUT2D eigenvalue weighted by Gasteiger charge is -2.33. The number of amidine groups is 1. The first-order valence-electron chi connectivity index (χ1n) is 12.4. The molecule has 2 aromatic carbocycles. The van der Waals surface area contributed by atoms with Gasteiger partial charge in [0.05, 0.1) is 50.2 Å². The van der Waals surface area contributed by atoms with Gasteiger partial charge in [0.1, 0.15) is 23.4 Å². The third-order valence-corrected chi connectivity index (χ3v) is 7.12. The summed E-state index contributed by atoms with van der Waals surface area (Å²) < 4.78 is 11.0. The average Bonchev–Trinajstić information content (AvgIpc) is 3.26. The van der Waals surface area contributed by atoms with Crippen LogP contribution >= 0.6 is 0 Å². The summed E-state index contributed by atoms with van der Waals surface area (Å²) in [6.45, 7) is 2.90. The van der Waals surface area contributed by atoms with E-state index in [9.17, 15) is 14.7 Å². The first-order chi connectivity index (χ1) is 18.4. The largest absolute Gasteiger partial charge is 0.497 e. The molecule has 1 fully saturated rings. The Kier molecular flexibility index (Phi) is 6.83. The highest BCUT2D eigenvalue weighted by Gasteiger charge is 2.50. The number of rotatable bonds is 8. The molecule has 0 aromatic heterocycles. The van der Waals surface area contributed by atoms with Gasteiger partial charge in [-0.3, -0.25) is 9.79 Å². The quantitative estimate of drug-likeness (QED) is 0.463. The number of quaternary nitrogens is 1. The second-order valence-corrected chi connectivity index (χ2v) is 9.34. The number of hydrogen-bond acceptors (Lipinski definition) is 7. The van der Waals surface area contributed by atoms with Crippen molar-refractivity contribution < 1.29 is 28.8 Å². The van der Waals surface area contributed by atoms with E-state index in [0.717, 1.165) is 28.8 Å². The number of ether oxygens (including phenoxy) is 2. The summed E-state index contributed by atoms with van der Waals surface area (Å²) in [6, 6.07) is 10.6. The van der Waals surface area contributed by atoms with Crippen LogP contribution in [0.5, 0.6) is 11.5 Å². The molecule has 0 saturated carbocycles. The molecular weight excluding hydrogens is 486 g/mol. The minimum absolute atomic E-state index is 0.0189. The minimum atomic E-state index is -0.995. The first-order valence-corrected chi connectivity index (χ1v) is 12.4. The Morgan fingerprint density at radius 1 is 1.21 bits per heavy atom. The number of carboxylic acid groups (broad SMARTS) is 1. The number of aliphatic imine (C=N–C) groups is 2. The number of piperidine rings is 1. The Balaban J connectivity index is 1.62. The standard InChI is InChI=1S/C28H29N5O5/c1-17-13-18(28(35)36)7-9-21(17)26-32-25(22-5-4-10-30-27(22)34)23-16-29-11-12-33(23,26)31-15-19-6-8-20(37-2)14-24(19)38-3/h6-9,11-14,16,22,31H,4-5,10,15H2,1-3H3,(H-,30,34,35,36)/p+1. The number of benzene rings is 2. The van der Waals surface area contributed by atoms with Gasteiger partial charge in [-0.2, -0.15) is 4.99 Å². The molecular formula is C28H30N5O5+. The van der Waals surface area contributed by atoms with Crippen molar-refractivity contribution in [3.63, 3.8) is 0 Å². The lowest BCUT2D eigenvalue weighted by Crippen LogP contribution is -2.56. The SMILES string of the molecule is COc1ccc(CN[N+]23C=CN=CC2=C(C2CCCNC2=O)N=C3c2ccc(C(=O)O)cc2C)c(OC)c1. The van der Waals surface area contributed by atoms with Gasteiger partial charge in [-0.25, -0.2) is 4.79 Å². The summed E-state index contributed by atoms with van der Waals surface area (Å²) in [7, 11) is 3.22. The van der Waals surface area contributed by atoms with Gasteiger partial charge in [0, 0.05) is 18.2 Å². The molecule has 0 aliphatic carbocycles. The van der Waals surface area contributed by atoms with Gasteiger partial charge in [0.25, 0.3) is 5.84 Å². The summed E-state index contributed by atoms with van der Waals surface area (Å²) in [5.74, 6) is 0.526. The van der Waals surface area contributed by atoms with Crippen LogP contribution in [-0.4, -0.2) is 54.4 Å². The average molecular weight is 517 g/mol. The van der Waals surface area contributed by atoms with E-state index in [1.807, 2.05) is 31.3 Å². The van der Waals surface area contributed by atoms with Crippen LogP contribution in [0.2, 0.25) is 0 Å². The molecule has 0 bridgehead atoms. The number of carboxylic acids is 1. The number of allylic oxidation sites excluding steroid dienone is 1. The number of aromatic carboxylic acids is 1. The molecule has 1 saturated heterocycles. The first kappa shape index (κ1) is 25.4. The molecule has 3 aliphatic heterocycles. The smallest absolute Gasteiger partial charge is 0.335 e. The summed E-state index contributed by atoms with van der Waals surface area (Å²) in [5.41, 5.74) is 7.65. The van der Waals surface area contributed by atoms with Gasteiger partial charge in [0.2, 0.25) is 11.6 Å². The topological polar surface area (TPSA) is 122 Å². The van der Waals surface area contributed by atoms with Crippen LogP contribution in [0.15, 0.2) is 70.2 Å². The molecule has 2 unspecified atom stereocenters. The molecule has 196 valence electrons. The fourth-order valence-electron chi connectivity index (χ4n) is 5.11. The number of amides is 1. The number of carbonyl (C=O) groups is 2. The van der Waals surface area contributed by atoms with E-state index in [1.165, 1.54) is 0 Å². The van der Waals surface area contributed by atoms with Crippen LogP contribution in [0.4, 0.5) is 0 Å². The molecule has 38 heavy (non-hydrogen) atoms. The van der Waals surface area contributed by atoms with Crippen molar-refractivity contribution in [2.75, 3.05) is 20.8 Å². The molecule has 5 rings (SSSR count). The monoisotopic (exact) mass is 516 g/mol. The maximum atomic E-state index is 12.9. The number of hydrogen-bond donors (Lipinski definition) is 3. The van der Waals surface area contributed by atoms with Crippen molar-refractivity contribution in [1.29, 1.82) is 0 Å². The highest BCUT2D eigenvalue weighted by Crippen LogP contribution is 2.39. The van der Waals surface area contributed by atoms with E-state index in [2.05, 4.69) is 15.7 Å². The summed E-state index contributed by atoms with van der Waals surface area (Å²) >= 11 is 0. The zero-order valence-electron chi connectivity index (χ0n) is 21.5. The Bertz CT molecular complexity index is 1430. The molecule has 0 spiro atoms. The van der Waals surface area contributed by atoms with Crippen LogP contribution in [0.25, 0.3) is 0 Å². The molecule has 2 aromatic rings. The Morgan fingerprint density at radius 3 is 2.76 bits per heavy atom.